The second-order valence-corrected chi connectivity index (χ2v) is 13.5. The van der Waals surface area contributed by atoms with Crippen LogP contribution in [-0.2, 0) is 32.4 Å². The summed E-state index contributed by atoms with van der Waals surface area (Å²) in [5, 5.41) is 23.0. The van der Waals surface area contributed by atoms with Crippen molar-refractivity contribution in [3.05, 3.63) is 59.2 Å². The summed E-state index contributed by atoms with van der Waals surface area (Å²) in [6.45, 7) is 3.78. The third-order valence-corrected chi connectivity index (χ3v) is 10.1. The second kappa shape index (κ2) is 18.4. The third-order valence-electron chi connectivity index (χ3n) is 7.85. The van der Waals surface area contributed by atoms with E-state index in [1.54, 1.807) is 24.3 Å². The van der Waals surface area contributed by atoms with Gasteiger partial charge in [-0.05, 0) is 86.9 Å². The summed E-state index contributed by atoms with van der Waals surface area (Å²) in [4.78, 5) is 11.7. The summed E-state index contributed by atoms with van der Waals surface area (Å²) >= 11 is 0. The number of esters is 1. The number of sulfone groups is 1. The summed E-state index contributed by atoms with van der Waals surface area (Å²) in [6.07, 6.45) is 11.1. The predicted octanol–water partition coefficient (Wildman–Crippen LogP) is 5.43. The van der Waals surface area contributed by atoms with E-state index in [1.165, 1.54) is 6.92 Å². The minimum absolute atomic E-state index is 0.199. The van der Waals surface area contributed by atoms with Gasteiger partial charge >= 0.3 is 5.97 Å². The first-order valence-electron chi connectivity index (χ1n) is 15.5. The Morgan fingerprint density at radius 1 is 0.976 bits per heavy atom. The maximum absolute atomic E-state index is 12.9. The lowest BCUT2D eigenvalue weighted by atomic mass is 10.1. The van der Waals surface area contributed by atoms with Crippen LogP contribution in [0, 0.1) is 0 Å². The predicted molar refractivity (Wildman–Crippen MR) is 164 cm³/mol. The van der Waals surface area contributed by atoms with Crippen LogP contribution in [0.5, 0.6) is 5.75 Å². The largest absolute Gasteiger partial charge is 0.426 e. The highest BCUT2D eigenvalue weighted by Gasteiger charge is 2.30. The molecular weight excluding hydrogens is 554 g/mol. The zero-order valence-electron chi connectivity index (χ0n) is 25.1. The van der Waals surface area contributed by atoms with Crippen molar-refractivity contribution in [2.75, 3.05) is 26.3 Å². The number of ether oxygens (including phenoxy) is 2. The van der Waals surface area contributed by atoms with E-state index in [4.69, 9.17) is 9.47 Å². The standard InChI is InChI=1S/C33H49NO7S/c1-26(36)41-33-18-17-28(23-29(33)25-35)32(37)24-34-19-8-2-3-9-20-40-21-10-4-5-12-27-13-11-16-31(22-27)42(38,39)30-14-6-7-15-30/h11,13,16-18,22-23,30,32,34-35,37H,2-10,12,14-15,19-21,24-25H2,1H3/t32-/m0/s1. The first kappa shape index (κ1) is 34.2. The van der Waals surface area contributed by atoms with E-state index < -0.39 is 21.9 Å². The van der Waals surface area contributed by atoms with Crippen LogP contribution in [0.1, 0.15) is 100 Å². The van der Waals surface area contributed by atoms with Crippen molar-refractivity contribution < 1.29 is 32.9 Å². The van der Waals surface area contributed by atoms with Crippen molar-refractivity contribution in [1.29, 1.82) is 0 Å². The van der Waals surface area contributed by atoms with E-state index >= 15 is 0 Å². The molecule has 0 aromatic heterocycles. The number of hydrogen-bond acceptors (Lipinski definition) is 8. The minimum atomic E-state index is -3.19. The second-order valence-electron chi connectivity index (χ2n) is 11.3. The monoisotopic (exact) mass is 603 g/mol. The molecule has 3 N–H and O–H groups in total. The lowest BCUT2D eigenvalue weighted by molar-refractivity contribution is -0.131. The fourth-order valence-electron chi connectivity index (χ4n) is 5.43. The van der Waals surface area contributed by atoms with Crippen molar-refractivity contribution in [2.24, 2.45) is 0 Å². The zero-order chi connectivity index (χ0) is 30.2. The van der Waals surface area contributed by atoms with Crippen LogP contribution in [0.3, 0.4) is 0 Å². The number of unbranched alkanes of at least 4 members (excludes halogenated alkanes) is 5. The maximum atomic E-state index is 12.9. The van der Waals surface area contributed by atoms with E-state index in [0.717, 1.165) is 102 Å². The Kier molecular flexibility index (Phi) is 15.0. The van der Waals surface area contributed by atoms with Crippen LogP contribution in [0.25, 0.3) is 0 Å². The number of rotatable bonds is 20. The van der Waals surface area contributed by atoms with Crippen molar-refractivity contribution in [3.63, 3.8) is 0 Å². The molecule has 1 fully saturated rings. The first-order valence-corrected chi connectivity index (χ1v) is 17.1. The minimum Gasteiger partial charge on any atom is -0.426 e. The van der Waals surface area contributed by atoms with Crippen LogP contribution in [0.2, 0.25) is 0 Å². The maximum Gasteiger partial charge on any atom is 0.308 e. The average Bonchev–Trinajstić information content (AvgIpc) is 3.53. The van der Waals surface area contributed by atoms with Gasteiger partial charge in [0.1, 0.15) is 5.75 Å². The Balaban J connectivity index is 1.16. The molecule has 0 aliphatic heterocycles. The molecule has 0 bridgehead atoms. The molecule has 42 heavy (non-hydrogen) atoms. The van der Waals surface area contributed by atoms with Gasteiger partial charge < -0.3 is 25.0 Å². The molecule has 0 saturated heterocycles. The van der Waals surface area contributed by atoms with Gasteiger partial charge in [-0.2, -0.15) is 0 Å². The number of aryl methyl sites for hydroxylation is 1. The van der Waals surface area contributed by atoms with Crippen molar-refractivity contribution >= 4 is 15.8 Å². The van der Waals surface area contributed by atoms with Crippen LogP contribution in [-0.4, -0.2) is 56.2 Å². The molecule has 9 heteroatoms. The van der Waals surface area contributed by atoms with E-state index in [1.807, 2.05) is 18.2 Å². The molecule has 8 nitrogen and oxygen atoms in total. The normalized spacial score (nSPS) is 14.7. The topological polar surface area (TPSA) is 122 Å². The highest BCUT2D eigenvalue weighted by Crippen LogP contribution is 2.30. The van der Waals surface area contributed by atoms with Gasteiger partial charge in [0.05, 0.1) is 22.9 Å². The van der Waals surface area contributed by atoms with Crippen LogP contribution < -0.4 is 10.1 Å². The Morgan fingerprint density at radius 3 is 2.40 bits per heavy atom. The van der Waals surface area contributed by atoms with Gasteiger partial charge in [-0.3, -0.25) is 4.79 Å². The number of hydrogen-bond donors (Lipinski definition) is 3. The van der Waals surface area contributed by atoms with Gasteiger partial charge in [0.15, 0.2) is 9.84 Å². The SMILES string of the molecule is CC(=O)Oc1ccc([C@@H](O)CNCCCCCCOCCCCCc2cccc(S(=O)(=O)C3CCCC3)c2)cc1CO. The number of benzene rings is 2. The Hall–Kier alpha value is -2.30. The molecule has 0 unspecified atom stereocenters. The van der Waals surface area contributed by atoms with Crippen molar-refractivity contribution in [3.8, 4) is 5.75 Å². The van der Waals surface area contributed by atoms with Gasteiger partial charge in [0.2, 0.25) is 0 Å². The molecule has 0 heterocycles. The van der Waals surface area contributed by atoms with Crippen LogP contribution in [0.4, 0.5) is 0 Å². The molecule has 1 aliphatic carbocycles. The smallest absolute Gasteiger partial charge is 0.308 e. The Labute approximate surface area is 251 Å². The summed E-state index contributed by atoms with van der Waals surface area (Å²) in [7, 11) is -3.19. The van der Waals surface area contributed by atoms with Gasteiger partial charge in [-0.25, -0.2) is 8.42 Å². The molecule has 0 radical (unpaired) electrons. The number of carbonyl (C=O) groups excluding carboxylic acids is 1. The lowest BCUT2D eigenvalue weighted by Crippen LogP contribution is -2.22. The fourth-order valence-corrected chi connectivity index (χ4v) is 7.35. The molecule has 3 rings (SSSR count). The fraction of sp³-hybridized carbons (Fsp3) is 0.606. The molecule has 2 aromatic rings. The van der Waals surface area contributed by atoms with Crippen molar-refractivity contribution in [2.45, 2.75) is 107 Å². The summed E-state index contributed by atoms with van der Waals surface area (Å²) in [5.41, 5.74) is 2.24. The van der Waals surface area contributed by atoms with Gasteiger partial charge in [-0.15, -0.1) is 0 Å². The number of aliphatic hydroxyl groups is 2. The summed E-state index contributed by atoms with van der Waals surface area (Å²) in [5.74, 6) is -0.142. The number of carbonyl (C=O) groups is 1. The molecule has 0 amide bonds. The lowest BCUT2D eigenvalue weighted by Gasteiger charge is -2.15. The van der Waals surface area contributed by atoms with E-state index in [9.17, 15) is 23.4 Å². The Bertz CT molecular complexity index is 1190. The van der Waals surface area contributed by atoms with Crippen LogP contribution >= 0.6 is 0 Å². The van der Waals surface area contributed by atoms with Crippen LogP contribution in [0.15, 0.2) is 47.4 Å². The van der Waals surface area contributed by atoms with Gasteiger partial charge in [-0.1, -0.05) is 50.3 Å². The van der Waals surface area contributed by atoms with E-state index in [0.29, 0.717) is 28.3 Å². The van der Waals surface area contributed by atoms with Gasteiger partial charge in [0, 0.05) is 32.2 Å². The van der Waals surface area contributed by atoms with E-state index in [-0.39, 0.29) is 11.9 Å². The number of aliphatic hydroxyl groups excluding tert-OH is 2. The molecule has 1 aliphatic rings. The highest BCUT2D eigenvalue weighted by molar-refractivity contribution is 7.92. The Morgan fingerprint density at radius 2 is 1.69 bits per heavy atom. The van der Waals surface area contributed by atoms with Crippen molar-refractivity contribution in [1.82, 2.24) is 5.32 Å². The molecule has 0 spiro atoms. The molecule has 1 atom stereocenters. The van der Waals surface area contributed by atoms with Gasteiger partial charge in [0.25, 0.3) is 0 Å². The first-order chi connectivity index (χ1) is 20.3. The zero-order valence-corrected chi connectivity index (χ0v) is 25.9. The highest BCUT2D eigenvalue weighted by atomic mass is 32.2. The quantitative estimate of drug-likeness (QED) is 0.104. The third kappa shape index (κ3) is 11.4. The summed E-state index contributed by atoms with van der Waals surface area (Å²) < 4.78 is 36.6. The molecule has 1 saturated carbocycles. The summed E-state index contributed by atoms with van der Waals surface area (Å²) in [6, 6.07) is 12.5. The van der Waals surface area contributed by atoms with E-state index in [2.05, 4.69) is 5.32 Å². The molecule has 234 valence electrons. The number of nitrogens with one attached hydrogen (secondary N) is 1. The molecule has 2 aromatic carbocycles. The average molecular weight is 604 g/mol. The molecular formula is C33H49NO7S.